The fraction of sp³-hybridized carbons (Fsp3) is 0.750. The maximum absolute atomic E-state index is 3.80. The summed E-state index contributed by atoms with van der Waals surface area (Å²) in [5.41, 5.74) is 1.51. The van der Waals surface area contributed by atoms with Crippen molar-refractivity contribution in [2.24, 2.45) is 5.92 Å². The van der Waals surface area contributed by atoms with Crippen LogP contribution in [0.5, 0.6) is 0 Å². The molecule has 0 amide bonds. The SMILES string of the molecule is CCCNC(c1cc(Br)sc1C)C(CCC)CCC. The Morgan fingerprint density at radius 2 is 1.79 bits per heavy atom. The average Bonchev–Trinajstić information content (AvgIpc) is 2.69. The van der Waals surface area contributed by atoms with Gasteiger partial charge in [-0.3, -0.25) is 0 Å². The van der Waals surface area contributed by atoms with Gasteiger partial charge in [-0.2, -0.15) is 0 Å². The van der Waals surface area contributed by atoms with Gasteiger partial charge in [0.2, 0.25) is 0 Å². The van der Waals surface area contributed by atoms with E-state index >= 15 is 0 Å². The topological polar surface area (TPSA) is 12.0 Å². The monoisotopic (exact) mass is 345 g/mol. The summed E-state index contributed by atoms with van der Waals surface area (Å²) in [5, 5.41) is 3.80. The van der Waals surface area contributed by atoms with Crippen LogP contribution < -0.4 is 5.32 Å². The van der Waals surface area contributed by atoms with E-state index < -0.39 is 0 Å². The molecule has 0 spiro atoms. The molecule has 0 aromatic carbocycles. The molecular weight excluding hydrogens is 318 g/mol. The fourth-order valence-corrected chi connectivity index (χ4v) is 4.57. The smallest absolute Gasteiger partial charge is 0.0704 e. The third-order valence-electron chi connectivity index (χ3n) is 3.67. The highest BCUT2D eigenvalue weighted by molar-refractivity contribution is 9.11. The Bertz CT molecular complexity index is 356. The molecule has 0 bridgehead atoms. The van der Waals surface area contributed by atoms with Crippen molar-refractivity contribution in [1.29, 1.82) is 0 Å². The predicted octanol–water partition coefficient (Wildman–Crippen LogP) is 6.08. The molecule has 1 heterocycles. The first-order chi connectivity index (χ1) is 9.13. The number of rotatable bonds is 9. The first-order valence-corrected chi connectivity index (χ1v) is 9.24. The van der Waals surface area contributed by atoms with Crippen LogP contribution in [0.3, 0.4) is 0 Å². The van der Waals surface area contributed by atoms with Gasteiger partial charge in [-0.05, 0) is 66.2 Å². The highest BCUT2D eigenvalue weighted by atomic mass is 79.9. The Hall–Kier alpha value is 0.140. The molecular formula is C16H28BrNS. The zero-order chi connectivity index (χ0) is 14.3. The lowest BCUT2D eigenvalue weighted by atomic mass is 9.86. The normalized spacial score (nSPS) is 13.2. The van der Waals surface area contributed by atoms with Gasteiger partial charge >= 0.3 is 0 Å². The third-order valence-corrected chi connectivity index (χ3v) is 5.24. The van der Waals surface area contributed by atoms with E-state index in [1.54, 1.807) is 0 Å². The van der Waals surface area contributed by atoms with Crippen molar-refractivity contribution in [1.82, 2.24) is 5.32 Å². The average molecular weight is 346 g/mol. The Balaban J connectivity index is 2.93. The second kappa shape index (κ2) is 9.15. The second-order valence-electron chi connectivity index (χ2n) is 5.33. The van der Waals surface area contributed by atoms with Crippen LogP contribution in [-0.2, 0) is 0 Å². The van der Waals surface area contributed by atoms with Crippen LogP contribution >= 0.6 is 27.3 Å². The molecule has 1 aromatic rings. The van der Waals surface area contributed by atoms with Crippen LogP contribution in [0.1, 0.15) is 69.4 Å². The largest absolute Gasteiger partial charge is 0.310 e. The van der Waals surface area contributed by atoms with Gasteiger partial charge in [0.1, 0.15) is 0 Å². The highest BCUT2D eigenvalue weighted by Crippen LogP contribution is 2.37. The zero-order valence-electron chi connectivity index (χ0n) is 12.8. The lowest BCUT2D eigenvalue weighted by molar-refractivity contribution is 0.316. The van der Waals surface area contributed by atoms with Crippen LogP contribution in [-0.4, -0.2) is 6.54 Å². The van der Waals surface area contributed by atoms with E-state index in [0.717, 1.165) is 12.5 Å². The van der Waals surface area contributed by atoms with Crippen molar-refractivity contribution < 1.29 is 0 Å². The van der Waals surface area contributed by atoms with E-state index in [4.69, 9.17) is 0 Å². The quantitative estimate of drug-likeness (QED) is 0.572. The van der Waals surface area contributed by atoms with E-state index in [1.807, 2.05) is 11.3 Å². The Kier molecular flexibility index (Phi) is 8.27. The summed E-state index contributed by atoms with van der Waals surface area (Å²) in [4.78, 5) is 1.46. The van der Waals surface area contributed by atoms with Gasteiger partial charge < -0.3 is 5.32 Å². The van der Waals surface area contributed by atoms with E-state index in [2.05, 4.69) is 55.0 Å². The summed E-state index contributed by atoms with van der Waals surface area (Å²) in [5.74, 6) is 0.766. The molecule has 0 saturated heterocycles. The van der Waals surface area contributed by atoms with Gasteiger partial charge in [0.05, 0.1) is 3.79 Å². The molecule has 1 nitrogen and oxygen atoms in total. The van der Waals surface area contributed by atoms with Crippen LogP contribution in [0.25, 0.3) is 0 Å². The zero-order valence-corrected chi connectivity index (χ0v) is 15.2. The summed E-state index contributed by atoms with van der Waals surface area (Å²) < 4.78 is 1.26. The van der Waals surface area contributed by atoms with Crippen molar-refractivity contribution in [2.45, 2.75) is 65.8 Å². The Morgan fingerprint density at radius 3 is 2.21 bits per heavy atom. The van der Waals surface area contributed by atoms with Gasteiger partial charge in [-0.25, -0.2) is 0 Å². The number of aryl methyl sites for hydroxylation is 1. The molecule has 1 atom stereocenters. The number of hydrogen-bond acceptors (Lipinski definition) is 2. The Morgan fingerprint density at radius 1 is 1.16 bits per heavy atom. The summed E-state index contributed by atoms with van der Waals surface area (Å²) in [7, 11) is 0. The molecule has 0 aliphatic carbocycles. The summed E-state index contributed by atoms with van der Waals surface area (Å²) in [6, 6.07) is 2.86. The van der Waals surface area contributed by atoms with Crippen molar-refractivity contribution >= 4 is 27.3 Å². The van der Waals surface area contributed by atoms with Crippen molar-refractivity contribution in [3.05, 3.63) is 20.3 Å². The summed E-state index contributed by atoms with van der Waals surface area (Å²) >= 11 is 5.50. The van der Waals surface area contributed by atoms with E-state index in [0.29, 0.717) is 6.04 Å². The lowest BCUT2D eigenvalue weighted by Gasteiger charge is -2.28. The number of halogens is 1. The lowest BCUT2D eigenvalue weighted by Crippen LogP contribution is -2.29. The van der Waals surface area contributed by atoms with Gasteiger partial charge in [0, 0.05) is 10.9 Å². The maximum atomic E-state index is 3.80. The van der Waals surface area contributed by atoms with E-state index in [-0.39, 0.29) is 0 Å². The molecule has 1 unspecified atom stereocenters. The fourth-order valence-electron chi connectivity index (χ4n) is 2.82. The Labute approximate surface area is 131 Å². The molecule has 0 saturated carbocycles. The van der Waals surface area contributed by atoms with Crippen LogP contribution in [0.15, 0.2) is 9.85 Å². The molecule has 0 aliphatic heterocycles. The van der Waals surface area contributed by atoms with Gasteiger partial charge in [-0.15, -0.1) is 11.3 Å². The molecule has 0 radical (unpaired) electrons. The molecule has 110 valence electrons. The van der Waals surface area contributed by atoms with Crippen LogP contribution in [0.2, 0.25) is 0 Å². The van der Waals surface area contributed by atoms with Crippen LogP contribution in [0, 0.1) is 12.8 Å². The number of thiophene rings is 1. The van der Waals surface area contributed by atoms with Crippen LogP contribution in [0.4, 0.5) is 0 Å². The molecule has 19 heavy (non-hydrogen) atoms. The first-order valence-electron chi connectivity index (χ1n) is 7.63. The van der Waals surface area contributed by atoms with Crippen molar-refractivity contribution in [2.75, 3.05) is 6.54 Å². The molecule has 1 aromatic heterocycles. The highest BCUT2D eigenvalue weighted by Gasteiger charge is 2.24. The molecule has 1 rings (SSSR count). The van der Waals surface area contributed by atoms with Crippen molar-refractivity contribution in [3.63, 3.8) is 0 Å². The van der Waals surface area contributed by atoms with E-state index in [9.17, 15) is 0 Å². The van der Waals surface area contributed by atoms with E-state index in [1.165, 1.54) is 46.3 Å². The minimum absolute atomic E-state index is 0.530. The molecule has 3 heteroatoms. The van der Waals surface area contributed by atoms with Gasteiger partial charge in [-0.1, -0.05) is 33.6 Å². The molecule has 0 fully saturated rings. The number of nitrogens with one attached hydrogen (secondary N) is 1. The van der Waals surface area contributed by atoms with Crippen molar-refractivity contribution in [3.8, 4) is 0 Å². The third kappa shape index (κ3) is 5.20. The second-order valence-corrected chi connectivity index (χ2v) is 7.97. The molecule has 0 aliphatic rings. The maximum Gasteiger partial charge on any atom is 0.0704 e. The van der Waals surface area contributed by atoms with Gasteiger partial charge in [0.25, 0.3) is 0 Å². The summed E-state index contributed by atoms with van der Waals surface area (Å²) in [6.45, 7) is 10.2. The minimum Gasteiger partial charge on any atom is -0.310 e. The molecule has 1 N–H and O–H groups in total. The summed E-state index contributed by atoms with van der Waals surface area (Å²) in [6.07, 6.45) is 6.40. The first kappa shape index (κ1) is 17.2. The minimum atomic E-state index is 0.530. The number of hydrogen-bond donors (Lipinski definition) is 1. The predicted molar refractivity (Wildman–Crippen MR) is 91.1 cm³/mol. The standard InChI is InChI=1S/C16H28BrNS/c1-5-8-13(9-6-2)16(18-10-7-3)14-11-15(17)19-12(14)4/h11,13,16,18H,5-10H2,1-4H3. The van der Waals surface area contributed by atoms with Gasteiger partial charge in [0.15, 0.2) is 0 Å².